The van der Waals surface area contributed by atoms with Gasteiger partial charge >= 0.3 is 0 Å². The summed E-state index contributed by atoms with van der Waals surface area (Å²) in [5, 5.41) is 0. The Labute approximate surface area is 114 Å². The summed E-state index contributed by atoms with van der Waals surface area (Å²) in [4.78, 5) is 12.8. The lowest BCUT2D eigenvalue weighted by Gasteiger charge is -2.34. The summed E-state index contributed by atoms with van der Waals surface area (Å²) in [6.45, 7) is 0. The summed E-state index contributed by atoms with van der Waals surface area (Å²) >= 11 is 0. The maximum Gasteiger partial charge on any atom is 0.147 e. The van der Waals surface area contributed by atoms with Crippen LogP contribution in [0, 0.1) is 5.41 Å². The number of carbonyl (C=O) groups is 1. The molecule has 1 aromatic carbocycles. The van der Waals surface area contributed by atoms with Crippen molar-refractivity contribution in [1.82, 2.24) is 0 Å². The van der Waals surface area contributed by atoms with Crippen LogP contribution in [0.2, 0.25) is 0 Å². The highest BCUT2D eigenvalue weighted by Crippen LogP contribution is 2.58. The van der Waals surface area contributed by atoms with E-state index in [4.69, 9.17) is 0 Å². The van der Waals surface area contributed by atoms with Crippen molar-refractivity contribution in [3.63, 3.8) is 0 Å². The van der Waals surface area contributed by atoms with Crippen LogP contribution in [0.25, 0.3) is 6.08 Å². The molecule has 1 heteroatoms. The first-order chi connectivity index (χ1) is 9.24. The number of fused-ring (bicyclic) bond motifs is 2. The fourth-order valence-corrected chi connectivity index (χ4v) is 4.67. The third-order valence-electron chi connectivity index (χ3n) is 5.59. The predicted octanol–water partition coefficient (Wildman–Crippen LogP) is 4.26. The van der Waals surface area contributed by atoms with Crippen molar-refractivity contribution in [2.24, 2.45) is 5.41 Å². The number of ketones is 1. The molecule has 0 unspecified atom stereocenters. The largest absolute Gasteiger partial charge is 0.298 e. The number of allylic oxidation sites excluding steroid dienone is 1. The second kappa shape index (κ2) is 3.82. The summed E-state index contributed by atoms with van der Waals surface area (Å²) in [5.41, 5.74) is 2.57. The van der Waals surface area contributed by atoms with Crippen LogP contribution in [-0.4, -0.2) is 5.78 Å². The van der Waals surface area contributed by atoms with Gasteiger partial charge in [0.2, 0.25) is 0 Å². The molecule has 0 N–H and O–H groups in total. The second-order valence-corrected chi connectivity index (χ2v) is 6.73. The van der Waals surface area contributed by atoms with Gasteiger partial charge in [-0.3, -0.25) is 4.79 Å². The number of Topliss-reactive ketones (excluding diaryl/α,β-unsaturated/α-hetero) is 1. The summed E-state index contributed by atoms with van der Waals surface area (Å²) in [7, 11) is 0. The second-order valence-electron chi connectivity index (χ2n) is 6.73. The normalized spacial score (nSPS) is 31.3. The molecule has 1 atom stereocenters. The van der Waals surface area contributed by atoms with Crippen LogP contribution in [0.1, 0.15) is 56.1 Å². The first-order valence-electron chi connectivity index (χ1n) is 7.56. The van der Waals surface area contributed by atoms with Gasteiger partial charge in [-0.15, -0.1) is 0 Å². The average molecular weight is 252 g/mol. The van der Waals surface area contributed by atoms with Crippen molar-refractivity contribution < 1.29 is 4.79 Å². The van der Waals surface area contributed by atoms with Crippen molar-refractivity contribution in [2.45, 2.75) is 50.4 Å². The molecule has 4 rings (SSSR count). The van der Waals surface area contributed by atoms with E-state index in [9.17, 15) is 4.79 Å². The molecule has 2 spiro atoms. The minimum atomic E-state index is -0.270. The monoisotopic (exact) mass is 252 g/mol. The number of benzene rings is 1. The van der Waals surface area contributed by atoms with E-state index in [2.05, 4.69) is 36.4 Å². The fraction of sp³-hybridized carbons (Fsp3) is 0.500. The zero-order valence-corrected chi connectivity index (χ0v) is 11.3. The average Bonchev–Trinajstić information content (AvgIpc) is 2.92. The Morgan fingerprint density at radius 1 is 1.00 bits per heavy atom. The Hall–Kier alpha value is -1.37. The fourth-order valence-electron chi connectivity index (χ4n) is 4.67. The molecule has 2 fully saturated rings. The van der Waals surface area contributed by atoms with Gasteiger partial charge in [0.1, 0.15) is 5.78 Å². The molecular weight excluding hydrogens is 232 g/mol. The van der Waals surface area contributed by atoms with Crippen molar-refractivity contribution in [1.29, 1.82) is 0 Å². The maximum atomic E-state index is 12.8. The molecule has 3 aliphatic rings. The van der Waals surface area contributed by atoms with Crippen molar-refractivity contribution in [2.75, 3.05) is 0 Å². The Morgan fingerprint density at radius 3 is 2.63 bits per heavy atom. The highest BCUT2D eigenvalue weighted by atomic mass is 16.1. The quantitative estimate of drug-likeness (QED) is 0.674. The van der Waals surface area contributed by atoms with Crippen LogP contribution in [0.5, 0.6) is 0 Å². The van der Waals surface area contributed by atoms with Gasteiger partial charge in [-0.2, -0.15) is 0 Å². The van der Waals surface area contributed by atoms with Gasteiger partial charge in [0, 0.05) is 6.42 Å². The molecule has 98 valence electrons. The first kappa shape index (κ1) is 11.5. The van der Waals surface area contributed by atoms with Crippen molar-refractivity contribution in [3.8, 4) is 0 Å². The topological polar surface area (TPSA) is 17.1 Å². The molecule has 0 radical (unpaired) electrons. The lowest BCUT2D eigenvalue weighted by Crippen LogP contribution is -2.28. The van der Waals surface area contributed by atoms with Crippen LogP contribution in [0.15, 0.2) is 30.3 Å². The first-order valence-corrected chi connectivity index (χ1v) is 7.56. The standard InChI is InChI=1S/C18H20O/c19-16-12-17(9-4-1-5-10-17)13-18(16)11-8-14-6-2-3-7-15(14)18/h2-3,6-8,11H,1,4-5,9-10,12-13H2/t18-/m0/s1. The highest BCUT2D eigenvalue weighted by molar-refractivity contribution is 5.99. The Kier molecular flexibility index (Phi) is 2.30. The molecule has 0 aromatic heterocycles. The Morgan fingerprint density at radius 2 is 1.79 bits per heavy atom. The number of carbonyl (C=O) groups excluding carboxylic acids is 1. The molecule has 0 heterocycles. The van der Waals surface area contributed by atoms with Crippen LogP contribution in [0.4, 0.5) is 0 Å². The van der Waals surface area contributed by atoms with Gasteiger partial charge in [0.15, 0.2) is 0 Å². The molecule has 2 saturated carbocycles. The van der Waals surface area contributed by atoms with Crippen LogP contribution in [0.3, 0.4) is 0 Å². The molecule has 19 heavy (non-hydrogen) atoms. The van der Waals surface area contributed by atoms with Crippen molar-refractivity contribution in [3.05, 3.63) is 41.5 Å². The lowest BCUT2D eigenvalue weighted by molar-refractivity contribution is -0.121. The van der Waals surface area contributed by atoms with E-state index in [1.807, 2.05) is 0 Å². The molecule has 3 aliphatic carbocycles. The molecular formula is C18H20O. The van der Waals surface area contributed by atoms with E-state index in [0.717, 1.165) is 12.8 Å². The zero-order valence-electron chi connectivity index (χ0n) is 11.3. The van der Waals surface area contributed by atoms with E-state index in [1.54, 1.807) is 0 Å². The number of rotatable bonds is 0. The van der Waals surface area contributed by atoms with Gasteiger partial charge in [-0.1, -0.05) is 55.7 Å². The van der Waals surface area contributed by atoms with Crippen LogP contribution in [-0.2, 0) is 10.2 Å². The third-order valence-corrected chi connectivity index (χ3v) is 5.59. The smallest absolute Gasteiger partial charge is 0.147 e. The minimum absolute atomic E-state index is 0.270. The molecule has 0 amide bonds. The van der Waals surface area contributed by atoms with E-state index < -0.39 is 0 Å². The van der Waals surface area contributed by atoms with E-state index >= 15 is 0 Å². The SMILES string of the molecule is O=C1CC2(CCCCC2)C[C@]12C=Cc1ccccc12. The summed E-state index contributed by atoms with van der Waals surface area (Å²) in [6.07, 6.45) is 12.7. The lowest BCUT2D eigenvalue weighted by atomic mass is 9.69. The van der Waals surface area contributed by atoms with E-state index in [-0.39, 0.29) is 5.41 Å². The third kappa shape index (κ3) is 1.51. The molecule has 0 bridgehead atoms. The summed E-state index contributed by atoms with van der Waals surface area (Å²) in [6, 6.07) is 8.44. The van der Waals surface area contributed by atoms with E-state index in [0.29, 0.717) is 11.2 Å². The predicted molar refractivity (Wildman–Crippen MR) is 76.9 cm³/mol. The zero-order chi connectivity index (χ0) is 12.9. The highest BCUT2D eigenvalue weighted by Gasteiger charge is 2.55. The van der Waals surface area contributed by atoms with E-state index in [1.165, 1.54) is 43.2 Å². The molecule has 1 nitrogen and oxygen atoms in total. The maximum absolute atomic E-state index is 12.8. The van der Waals surface area contributed by atoms with Gasteiger partial charge < -0.3 is 0 Å². The Balaban J connectivity index is 1.77. The van der Waals surface area contributed by atoms with Crippen LogP contribution < -0.4 is 0 Å². The minimum Gasteiger partial charge on any atom is -0.298 e. The Bertz CT molecular complexity index is 563. The molecule has 0 aliphatic heterocycles. The summed E-state index contributed by atoms with van der Waals surface area (Å²) in [5.74, 6) is 0.468. The number of hydrogen-bond acceptors (Lipinski definition) is 1. The van der Waals surface area contributed by atoms with Gasteiger partial charge in [0.05, 0.1) is 5.41 Å². The number of hydrogen-bond donors (Lipinski definition) is 0. The van der Waals surface area contributed by atoms with Crippen LogP contribution >= 0.6 is 0 Å². The van der Waals surface area contributed by atoms with Gasteiger partial charge in [-0.05, 0) is 35.8 Å². The molecule has 0 saturated heterocycles. The van der Waals surface area contributed by atoms with Crippen molar-refractivity contribution >= 4 is 11.9 Å². The van der Waals surface area contributed by atoms with Gasteiger partial charge in [-0.25, -0.2) is 0 Å². The summed E-state index contributed by atoms with van der Waals surface area (Å²) < 4.78 is 0. The molecule has 1 aromatic rings. The van der Waals surface area contributed by atoms with Gasteiger partial charge in [0.25, 0.3) is 0 Å².